The smallest absolute Gasteiger partial charge is 0.292 e. The van der Waals surface area contributed by atoms with Gasteiger partial charge in [-0.2, -0.15) is 4.31 Å². The second-order valence-corrected chi connectivity index (χ2v) is 9.46. The molecule has 1 aromatic heterocycles. The zero-order valence-corrected chi connectivity index (χ0v) is 18.4. The summed E-state index contributed by atoms with van der Waals surface area (Å²) < 4.78 is 40.2. The van der Waals surface area contributed by atoms with Crippen molar-refractivity contribution in [3.8, 4) is 0 Å². The van der Waals surface area contributed by atoms with Crippen LogP contribution in [-0.4, -0.2) is 48.8 Å². The van der Waals surface area contributed by atoms with Gasteiger partial charge in [0.2, 0.25) is 10.0 Å². The molecule has 1 N–H and O–H groups in total. The van der Waals surface area contributed by atoms with Gasteiger partial charge < -0.3 is 10.2 Å². The van der Waals surface area contributed by atoms with Crippen LogP contribution in [-0.2, 0) is 16.6 Å². The second-order valence-electron chi connectivity index (χ2n) is 7.52. The van der Waals surface area contributed by atoms with E-state index >= 15 is 0 Å². The highest BCUT2D eigenvalue weighted by molar-refractivity contribution is 7.89. The van der Waals surface area contributed by atoms with E-state index in [1.54, 1.807) is 30.6 Å². The molecular formula is C22H22FN5O4S. The maximum Gasteiger partial charge on any atom is 0.292 e. The van der Waals surface area contributed by atoms with Gasteiger partial charge in [-0.25, -0.2) is 12.8 Å². The number of nitrogens with one attached hydrogen (secondary N) is 1. The van der Waals surface area contributed by atoms with Crippen molar-refractivity contribution >= 4 is 27.1 Å². The van der Waals surface area contributed by atoms with Crippen molar-refractivity contribution in [3.05, 3.63) is 88.5 Å². The van der Waals surface area contributed by atoms with Gasteiger partial charge in [0.25, 0.3) is 5.69 Å². The number of pyridine rings is 1. The molecule has 0 amide bonds. The quantitative estimate of drug-likeness (QED) is 0.416. The normalized spacial score (nSPS) is 14.8. The topological polar surface area (TPSA) is 109 Å². The van der Waals surface area contributed by atoms with Crippen LogP contribution in [0.15, 0.2) is 71.9 Å². The number of anilines is 2. The first-order chi connectivity index (χ1) is 15.8. The summed E-state index contributed by atoms with van der Waals surface area (Å²) in [6, 6.07) is 13.2. The van der Waals surface area contributed by atoms with E-state index < -0.39 is 20.8 Å². The predicted octanol–water partition coefficient (Wildman–Crippen LogP) is 3.25. The number of nitro groups is 1. The Labute approximate surface area is 190 Å². The SMILES string of the molecule is O=[N+]([O-])c1ccc(N2CCN(S(=O)(=O)c3ccc(F)cc3)CC2)cc1NCc1cccnc1. The first-order valence-corrected chi connectivity index (χ1v) is 11.7. The summed E-state index contributed by atoms with van der Waals surface area (Å²) in [6.45, 7) is 1.70. The van der Waals surface area contributed by atoms with Gasteiger partial charge in [0.05, 0.1) is 9.82 Å². The third-order valence-corrected chi connectivity index (χ3v) is 7.35. The number of nitro benzene ring substituents is 1. The number of rotatable bonds is 7. The molecule has 3 aromatic rings. The lowest BCUT2D eigenvalue weighted by Crippen LogP contribution is -2.48. The summed E-state index contributed by atoms with van der Waals surface area (Å²) in [4.78, 5) is 17.1. The first-order valence-electron chi connectivity index (χ1n) is 10.3. The van der Waals surface area contributed by atoms with Gasteiger partial charge in [0.1, 0.15) is 11.5 Å². The van der Waals surface area contributed by atoms with Crippen LogP contribution in [0.25, 0.3) is 0 Å². The lowest BCUT2D eigenvalue weighted by molar-refractivity contribution is -0.384. The van der Waals surface area contributed by atoms with E-state index in [-0.39, 0.29) is 23.7 Å². The molecule has 1 aliphatic heterocycles. The molecule has 0 radical (unpaired) electrons. The fraction of sp³-hybridized carbons (Fsp3) is 0.227. The van der Waals surface area contributed by atoms with E-state index in [1.807, 2.05) is 11.0 Å². The molecule has 2 heterocycles. The van der Waals surface area contributed by atoms with Crippen LogP contribution in [0.5, 0.6) is 0 Å². The number of nitrogens with zero attached hydrogens (tertiary/aromatic N) is 4. The molecule has 11 heteroatoms. The Morgan fingerprint density at radius 2 is 1.79 bits per heavy atom. The molecule has 9 nitrogen and oxygen atoms in total. The van der Waals surface area contributed by atoms with Crippen molar-refractivity contribution in [1.29, 1.82) is 0 Å². The number of halogens is 1. The van der Waals surface area contributed by atoms with Gasteiger partial charge in [-0.3, -0.25) is 15.1 Å². The van der Waals surface area contributed by atoms with E-state index in [0.717, 1.165) is 23.4 Å². The Balaban J connectivity index is 1.47. The Bertz CT molecular complexity index is 1230. The molecule has 2 aromatic carbocycles. The third-order valence-electron chi connectivity index (χ3n) is 5.44. The van der Waals surface area contributed by atoms with Crippen LogP contribution in [0.2, 0.25) is 0 Å². The van der Waals surface area contributed by atoms with Crippen molar-refractivity contribution in [1.82, 2.24) is 9.29 Å². The minimum absolute atomic E-state index is 0.0415. The first kappa shape index (κ1) is 22.6. The molecule has 1 saturated heterocycles. The van der Waals surface area contributed by atoms with Gasteiger partial charge >= 0.3 is 0 Å². The Morgan fingerprint density at radius 1 is 1.06 bits per heavy atom. The zero-order chi connectivity index (χ0) is 23.4. The van der Waals surface area contributed by atoms with Crippen molar-refractivity contribution in [3.63, 3.8) is 0 Å². The molecule has 0 unspecified atom stereocenters. The average molecular weight is 472 g/mol. The van der Waals surface area contributed by atoms with Crippen LogP contribution in [0.3, 0.4) is 0 Å². The van der Waals surface area contributed by atoms with E-state index in [2.05, 4.69) is 10.3 Å². The molecule has 0 aliphatic carbocycles. The lowest BCUT2D eigenvalue weighted by Gasteiger charge is -2.35. The summed E-state index contributed by atoms with van der Waals surface area (Å²) in [6.07, 6.45) is 3.34. The molecule has 0 spiro atoms. The second kappa shape index (κ2) is 9.51. The molecule has 172 valence electrons. The van der Waals surface area contributed by atoms with E-state index in [9.17, 15) is 22.9 Å². The van der Waals surface area contributed by atoms with Crippen molar-refractivity contribution in [2.75, 3.05) is 36.4 Å². The molecule has 4 rings (SSSR count). The van der Waals surface area contributed by atoms with Crippen molar-refractivity contribution in [2.45, 2.75) is 11.4 Å². The maximum absolute atomic E-state index is 13.2. The summed E-state index contributed by atoms with van der Waals surface area (Å²) in [5.74, 6) is -0.495. The molecule has 0 bridgehead atoms. The van der Waals surface area contributed by atoms with Gasteiger partial charge in [-0.1, -0.05) is 6.07 Å². The zero-order valence-electron chi connectivity index (χ0n) is 17.6. The number of hydrogen-bond donors (Lipinski definition) is 1. The van der Waals surface area contributed by atoms with E-state index in [4.69, 9.17) is 0 Å². The molecule has 1 aliphatic rings. The van der Waals surface area contributed by atoms with Crippen molar-refractivity contribution in [2.24, 2.45) is 0 Å². The maximum atomic E-state index is 13.2. The fourth-order valence-corrected chi connectivity index (χ4v) is 5.09. The van der Waals surface area contributed by atoms with Crippen LogP contribution in [0.1, 0.15) is 5.56 Å². The number of piperazine rings is 1. The van der Waals surface area contributed by atoms with Crippen molar-refractivity contribution < 1.29 is 17.7 Å². The standard InChI is InChI=1S/C22H22FN5O4S/c23-18-3-6-20(7-4-18)33(31,32)27-12-10-26(11-13-27)19-5-8-22(28(29)30)21(14-19)25-16-17-2-1-9-24-15-17/h1-9,14-15,25H,10-13,16H2. The predicted molar refractivity (Wildman–Crippen MR) is 122 cm³/mol. The highest BCUT2D eigenvalue weighted by atomic mass is 32.2. The summed E-state index contributed by atoms with van der Waals surface area (Å²) in [5.41, 5.74) is 1.98. The van der Waals surface area contributed by atoms with Crippen LogP contribution in [0, 0.1) is 15.9 Å². The third kappa shape index (κ3) is 5.10. The van der Waals surface area contributed by atoms with Gasteiger partial charge in [-0.15, -0.1) is 0 Å². The number of hydrogen-bond acceptors (Lipinski definition) is 7. The molecule has 33 heavy (non-hydrogen) atoms. The lowest BCUT2D eigenvalue weighted by atomic mass is 10.2. The van der Waals surface area contributed by atoms with E-state index in [0.29, 0.717) is 25.3 Å². The Morgan fingerprint density at radius 3 is 2.42 bits per heavy atom. The van der Waals surface area contributed by atoms with E-state index in [1.165, 1.54) is 22.5 Å². The molecule has 0 saturated carbocycles. The minimum atomic E-state index is -3.72. The highest BCUT2D eigenvalue weighted by Gasteiger charge is 2.29. The summed E-state index contributed by atoms with van der Waals surface area (Å²) in [5, 5.41) is 14.6. The molecule has 0 atom stereocenters. The monoisotopic (exact) mass is 471 g/mol. The van der Waals surface area contributed by atoms with Gasteiger partial charge in [-0.05, 0) is 48.0 Å². The number of aromatic nitrogens is 1. The molecular weight excluding hydrogens is 449 g/mol. The van der Waals surface area contributed by atoms with Crippen LogP contribution >= 0.6 is 0 Å². The van der Waals surface area contributed by atoms with Crippen LogP contribution in [0.4, 0.5) is 21.5 Å². The number of benzene rings is 2. The van der Waals surface area contributed by atoms with Gasteiger partial charge in [0.15, 0.2) is 0 Å². The number of sulfonamides is 1. The molecule has 1 fully saturated rings. The average Bonchev–Trinajstić information content (AvgIpc) is 2.83. The fourth-order valence-electron chi connectivity index (χ4n) is 3.66. The Kier molecular flexibility index (Phi) is 6.52. The van der Waals surface area contributed by atoms with Crippen LogP contribution < -0.4 is 10.2 Å². The minimum Gasteiger partial charge on any atom is -0.375 e. The Hall–Kier alpha value is -3.57. The summed E-state index contributed by atoms with van der Waals surface area (Å²) >= 11 is 0. The largest absolute Gasteiger partial charge is 0.375 e. The van der Waals surface area contributed by atoms with Gasteiger partial charge in [0, 0.05) is 56.9 Å². The summed E-state index contributed by atoms with van der Waals surface area (Å²) in [7, 11) is -3.72. The highest BCUT2D eigenvalue weighted by Crippen LogP contribution is 2.31.